The van der Waals surface area contributed by atoms with E-state index in [0.29, 0.717) is 32.8 Å². The van der Waals surface area contributed by atoms with Crippen molar-refractivity contribution in [3.8, 4) is 0 Å². The van der Waals surface area contributed by atoms with Crippen molar-refractivity contribution < 1.29 is 19.4 Å². The zero-order valence-electron chi connectivity index (χ0n) is 12.2. The maximum atomic E-state index is 12.4. The number of carbonyl (C=O) groups is 2. The van der Waals surface area contributed by atoms with Gasteiger partial charge in [0.1, 0.15) is 0 Å². The van der Waals surface area contributed by atoms with Crippen LogP contribution in [0.4, 0.5) is 4.79 Å². The lowest BCUT2D eigenvalue weighted by Gasteiger charge is -2.34. The molecule has 0 aromatic carbocycles. The molecule has 2 saturated heterocycles. The average Bonchev–Trinajstić information content (AvgIpc) is 2.81. The summed E-state index contributed by atoms with van der Waals surface area (Å²) in [6.45, 7) is 6.87. The van der Waals surface area contributed by atoms with Crippen LogP contribution in [0.1, 0.15) is 26.7 Å². The molecule has 0 aromatic heterocycles. The molecule has 2 atom stereocenters. The molecule has 20 heavy (non-hydrogen) atoms. The van der Waals surface area contributed by atoms with E-state index in [9.17, 15) is 9.59 Å². The number of aliphatic carboxylic acids is 1. The molecular weight excluding hydrogens is 260 g/mol. The summed E-state index contributed by atoms with van der Waals surface area (Å²) < 4.78 is 5.57. The van der Waals surface area contributed by atoms with Gasteiger partial charge >= 0.3 is 12.0 Å². The molecule has 0 bridgehead atoms. The average molecular weight is 284 g/mol. The lowest BCUT2D eigenvalue weighted by Crippen LogP contribution is -2.47. The summed E-state index contributed by atoms with van der Waals surface area (Å²) in [5, 5.41) is 9.12. The summed E-state index contributed by atoms with van der Waals surface area (Å²) in [7, 11) is 0. The molecular formula is C14H24N2O4. The molecule has 2 fully saturated rings. The molecule has 2 amide bonds. The number of carbonyl (C=O) groups excluding carboxylic acids is 1. The molecule has 114 valence electrons. The predicted octanol–water partition coefficient (Wildman–Crippen LogP) is 1.26. The van der Waals surface area contributed by atoms with Crippen LogP contribution in [0.2, 0.25) is 0 Å². The van der Waals surface area contributed by atoms with Crippen molar-refractivity contribution in [3.05, 3.63) is 0 Å². The largest absolute Gasteiger partial charge is 0.481 e. The van der Waals surface area contributed by atoms with Gasteiger partial charge in [-0.2, -0.15) is 0 Å². The van der Waals surface area contributed by atoms with E-state index in [1.807, 2.05) is 18.7 Å². The van der Waals surface area contributed by atoms with Gasteiger partial charge in [0, 0.05) is 32.8 Å². The number of hydrogen-bond acceptors (Lipinski definition) is 3. The summed E-state index contributed by atoms with van der Waals surface area (Å²) in [5.74, 6) is -1.21. The first-order chi connectivity index (χ1) is 9.52. The van der Waals surface area contributed by atoms with E-state index >= 15 is 0 Å². The van der Waals surface area contributed by atoms with E-state index in [4.69, 9.17) is 9.84 Å². The zero-order valence-corrected chi connectivity index (χ0v) is 12.2. The fraction of sp³-hybridized carbons (Fsp3) is 0.857. The summed E-state index contributed by atoms with van der Waals surface area (Å²) >= 11 is 0. The molecule has 2 rings (SSSR count). The quantitative estimate of drug-likeness (QED) is 0.847. The van der Waals surface area contributed by atoms with Crippen LogP contribution in [0, 0.1) is 11.8 Å². The lowest BCUT2D eigenvalue weighted by molar-refractivity contribution is -0.142. The SMILES string of the molecule is CCOC1CCN(C(=O)N2CC(C)C(C(=O)O)C2)CC1. The van der Waals surface area contributed by atoms with Gasteiger partial charge < -0.3 is 19.6 Å². The smallest absolute Gasteiger partial charge is 0.320 e. The van der Waals surface area contributed by atoms with Crippen LogP contribution in [0.15, 0.2) is 0 Å². The highest BCUT2D eigenvalue weighted by Gasteiger charge is 2.38. The zero-order chi connectivity index (χ0) is 14.7. The minimum absolute atomic E-state index is 0.0180. The summed E-state index contributed by atoms with van der Waals surface area (Å²) in [5.41, 5.74) is 0. The first-order valence-corrected chi connectivity index (χ1v) is 7.41. The second kappa shape index (κ2) is 6.43. The Kier molecular flexibility index (Phi) is 4.86. The van der Waals surface area contributed by atoms with Crippen LogP contribution in [0.3, 0.4) is 0 Å². The number of carboxylic acid groups (broad SMARTS) is 1. The second-order valence-corrected chi connectivity index (χ2v) is 5.75. The highest BCUT2D eigenvalue weighted by molar-refractivity contribution is 5.77. The van der Waals surface area contributed by atoms with E-state index in [2.05, 4.69) is 0 Å². The topological polar surface area (TPSA) is 70.1 Å². The molecule has 6 nitrogen and oxygen atoms in total. The maximum Gasteiger partial charge on any atom is 0.320 e. The molecule has 2 aliphatic rings. The number of carboxylic acids is 1. The molecule has 0 aliphatic carbocycles. The van der Waals surface area contributed by atoms with Crippen molar-refractivity contribution in [1.82, 2.24) is 9.80 Å². The van der Waals surface area contributed by atoms with Crippen LogP contribution in [-0.2, 0) is 9.53 Å². The lowest BCUT2D eigenvalue weighted by atomic mass is 9.99. The molecule has 6 heteroatoms. The van der Waals surface area contributed by atoms with Gasteiger partial charge in [-0.1, -0.05) is 6.92 Å². The fourth-order valence-corrected chi connectivity index (χ4v) is 3.09. The van der Waals surface area contributed by atoms with Gasteiger partial charge in [-0.15, -0.1) is 0 Å². The van der Waals surface area contributed by atoms with E-state index in [-0.39, 0.29) is 18.1 Å². The second-order valence-electron chi connectivity index (χ2n) is 5.75. The first-order valence-electron chi connectivity index (χ1n) is 7.41. The van der Waals surface area contributed by atoms with Crippen molar-refractivity contribution >= 4 is 12.0 Å². The van der Waals surface area contributed by atoms with Gasteiger partial charge in [-0.25, -0.2) is 4.79 Å². The van der Waals surface area contributed by atoms with E-state index < -0.39 is 11.9 Å². The van der Waals surface area contributed by atoms with Crippen molar-refractivity contribution in [2.75, 3.05) is 32.8 Å². The van der Waals surface area contributed by atoms with Crippen LogP contribution < -0.4 is 0 Å². The fourth-order valence-electron chi connectivity index (χ4n) is 3.09. The number of piperidine rings is 1. The molecule has 2 aliphatic heterocycles. The maximum absolute atomic E-state index is 12.4. The summed E-state index contributed by atoms with van der Waals surface area (Å²) in [6.07, 6.45) is 1.99. The molecule has 2 heterocycles. The van der Waals surface area contributed by atoms with Crippen molar-refractivity contribution in [2.24, 2.45) is 11.8 Å². The number of hydrogen-bond donors (Lipinski definition) is 1. The van der Waals surface area contributed by atoms with Crippen LogP contribution in [-0.4, -0.2) is 65.8 Å². The third-order valence-corrected chi connectivity index (χ3v) is 4.31. The van der Waals surface area contributed by atoms with Gasteiger partial charge in [0.25, 0.3) is 0 Å². The third kappa shape index (κ3) is 3.23. The Morgan fingerprint density at radius 3 is 2.35 bits per heavy atom. The number of amides is 2. The third-order valence-electron chi connectivity index (χ3n) is 4.31. The van der Waals surface area contributed by atoms with Gasteiger partial charge in [-0.05, 0) is 25.7 Å². The summed E-state index contributed by atoms with van der Waals surface area (Å²) in [6, 6.07) is -0.0180. The Labute approximate surface area is 119 Å². The predicted molar refractivity (Wildman–Crippen MR) is 73.5 cm³/mol. The number of urea groups is 1. The number of rotatable bonds is 3. The number of nitrogens with zero attached hydrogens (tertiary/aromatic N) is 2. The molecule has 0 saturated carbocycles. The first kappa shape index (κ1) is 15.1. The Bertz CT molecular complexity index is 366. The molecule has 1 N–H and O–H groups in total. The molecule has 0 spiro atoms. The normalized spacial score (nSPS) is 27.9. The summed E-state index contributed by atoms with van der Waals surface area (Å²) in [4.78, 5) is 27.0. The minimum atomic E-state index is -0.803. The van der Waals surface area contributed by atoms with Crippen LogP contribution >= 0.6 is 0 Å². The Hall–Kier alpha value is -1.30. The number of ether oxygens (including phenoxy) is 1. The Morgan fingerprint density at radius 1 is 1.20 bits per heavy atom. The van der Waals surface area contributed by atoms with Crippen LogP contribution in [0.5, 0.6) is 0 Å². The molecule has 2 unspecified atom stereocenters. The van der Waals surface area contributed by atoms with Gasteiger partial charge in [-0.3, -0.25) is 4.79 Å². The van der Waals surface area contributed by atoms with E-state index in [1.54, 1.807) is 4.90 Å². The highest BCUT2D eigenvalue weighted by Crippen LogP contribution is 2.25. The standard InChI is InChI=1S/C14H24N2O4/c1-3-20-11-4-6-15(7-5-11)14(19)16-8-10(2)12(9-16)13(17)18/h10-12H,3-9H2,1-2H3,(H,17,18). The highest BCUT2D eigenvalue weighted by atomic mass is 16.5. The Morgan fingerprint density at radius 2 is 1.85 bits per heavy atom. The van der Waals surface area contributed by atoms with Gasteiger partial charge in [0.05, 0.1) is 12.0 Å². The number of likely N-dealkylation sites (tertiary alicyclic amines) is 2. The van der Waals surface area contributed by atoms with Gasteiger partial charge in [0.2, 0.25) is 0 Å². The van der Waals surface area contributed by atoms with E-state index in [1.165, 1.54) is 0 Å². The monoisotopic (exact) mass is 284 g/mol. The van der Waals surface area contributed by atoms with Crippen molar-refractivity contribution in [1.29, 1.82) is 0 Å². The van der Waals surface area contributed by atoms with Crippen LogP contribution in [0.25, 0.3) is 0 Å². The Balaban J connectivity index is 1.85. The van der Waals surface area contributed by atoms with Crippen molar-refractivity contribution in [2.45, 2.75) is 32.8 Å². The van der Waals surface area contributed by atoms with E-state index in [0.717, 1.165) is 12.8 Å². The van der Waals surface area contributed by atoms with Gasteiger partial charge in [0.15, 0.2) is 0 Å². The van der Waals surface area contributed by atoms with Crippen molar-refractivity contribution in [3.63, 3.8) is 0 Å². The molecule has 0 aromatic rings. The molecule has 0 radical (unpaired) electrons. The minimum Gasteiger partial charge on any atom is -0.481 e.